The lowest BCUT2D eigenvalue weighted by molar-refractivity contribution is 0.0977. The molecule has 0 atom stereocenters. The smallest absolute Gasteiger partial charge is 0.260 e. The minimum Gasteiger partial charge on any atom is -0.474 e. The predicted molar refractivity (Wildman–Crippen MR) is 88.0 cm³/mol. The highest BCUT2D eigenvalue weighted by molar-refractivity contribution is 7.17. The van der Waals surface area contributed by atoms with Gasteiger partial charge >= 0.3 is 0 Å². The Kier molecular flexibility index (Phi) is 3.08. The second kappa shape index (κ2) is 5.10. The molecule has 3 aromatic rings. The van der Waals surface area contributed by atoms with E-state index < -0.39 is 0 Å². The van der Waals surface area contributed by atoms with Crippen LogP contribution in [0.2, 0.25) is 0 Å². The van der Waals surface area contributed by atoms with Crippen LogP contribution in [0.15, 0.2) is 41.9 Å². The number of hydrogen-bond acceptors (Lipinski definition) is 4. The van der Waals surface area contributed by atoms with E-state index in [-0.39, 0.29) is 5.91 Å². The fraction of sp³-hybridized carbons (Fsp3) is 0.176. The Hall–Kier alpha value is -2.40. The fourth-order valence-corrected chi connectivity index (χ4v) is 3.63. The molecular formula is C17H14N2O2S. The van der Waals surface area contributed by atoms with E-state index in [9.17, 15) is 4.79 Å². The zero-order valence-corrected chi connectivity index (χ0v) is 12.9. The van der Waals surface area contributed by atoms with Crippen molar-refractivity contribution in [1.82, 2.24) is 4.98 Å². The molecule has 0 spiro atoms. The third-order valence-electron chi connectivity index (χ3n) is 3.77. The largest absolute Gasteiger partial charge is 0.474 e. The number of ether oxygens (including phenoxy) is 1. The molecule has 22 heavy (non-hydrogen) atoms. The summed E-state index contributed by atoms with van der Waals surface area (Å²) in [6, 6.07) is 9.94. The van der Waals surface area contributed by atoms with Gasteiger partial charge in [0.1, 0.15) is 12.3 Å². The van der Waals surface area contributed by atoms with E-state index in [1.807, 2.05) is 42.6 Å². The van der Waals surface area contributed by atoms with Gasteiger partial charge in [0, 0.05) is 21.7 Å². The highest BCUT2D eigenvalue weighted by Crippen LogP contribution is 2.33. The van der Waals surface area contributed by atoms with Gasteiger partial charge in [0.05, 0.1) is 12.1 Å². The second-order valence-corrected chi connectivity index (χ2v) is 6.20. The zero-order valence-electron chi connectivity index (χ0n) is 12.1. The van der Waals surface area contributed by atoms with Gasteiger partial charge in [0.15, 0.2) is 0 Å². The predicted octanol–water partition coefficient (Wildman–Crippen LogP) is 3.64. The van der Waals surface area contributed by atoms with E-state index in [1.165, 1.54) is 0 Å². The van der Waals surface area contributed by atoms with Crippen LogP contribution >= 0.6 is 11.3 Å². The summed E-state index contributed by atoms with van der Waals surface area (Å²) >= 11 is 1.60. The van der Waals surface area contributed by atoms with Crippen LogP contribution in [0.1, 0.15) is 15.9 Å². The SMILES string of the molecule is Cc1cnc2c(c1)N(C(=O)c1csc3ccccc13)CCO2. The lowest BCUT2D eigenvalue weighted by atomic mass is 10.1. The molecule has 1 aliphatic heterocycles. The number of nitrogens with zero attached hydrogens (tertiary/aromatic N) is 2. The number of thiophene rings is 1. The Labute approximate surface area is 132 Å². The third kappa shape index (κ3) is 2.05. The maximum atomic E-state index is 13.0. The topological polar surface area (TPSA) is 42.4 Å². The number of carbonyl (C=O) groups is 1. The number of aryl methyl sites for hydroxylation is 1. The third-order valence-corrected chi connectivity index (χ3v) is 4.73. The Balaban J connectivity index is 1.80. The van der Waals surface area contributed by atoms with Gasteiger partial charge in [0.2, 0.25) is 5.88 Å². The maximum Gasteiger partial charge on any atom is 0.260 e. The highest BCUT2D eigenvalue weighted by atomic mass is 32.1. The van der Waals surface area contributed by atoms with E-state index in [4.69, 9.17) is 4.74 Å². The molecule has 0 saturated carbocycles. The molecule has 0 aliphatic carbocycles. The van der Waals surface area contributed by atoms with Crippen molar-refractivity contribution in [2.45, 2.75) is 6.92 Å². The number of aromatic nitrogens is 1. The van der Waals surface area contributed by atoms with Crippen LogP contribution in [0.3, 0.4) is 0 Å². The van der Waals surface area contributed by atoms with Crippen molar-refractivity contribution in [2.24, 2.45) is 0 Å². The molecule has 0 unspecified atom stereocenters. The molecular weight excluding hydrogens is 296 g/mol. The molecule has 0 bridgehead atoms. The van der Waals surface area contributed by atoms with Gasteiger partial charge < -0.3 is 9.64 Å². The van der Waals surface area contributed by atoms with Crippen molar-refractivity contribution in [2.75, 3.05) is 18.1 Å². The molecule has 4 nitrogen and oxygen atoms in total. The van der Waals surface area contributed by atoms with Gasteiger partial charge in [-0.1, -0.05) is 18.2 Å². The molecule has 1 amide bonds. The standard InChI is InChI=1S/C17H14N2O2S/c1-11-8-14-16(18-9-11)21-7-6-19(14)17(20)13-10-22-15-5-3-2-4-12(13)15/h2-5,8-10H,6-7H2,1H3. The minimum absolute atomic E-state index is 0.00870. The van der Waals surface area contributed by atoms with Crippen LogP contribution in [0.25, 0.3) is 10.1 Å². The molecule has 0 radical (unpaired) electrons. The Morgan fingerprint density at radius 2 is 2.23 bits per heavy atom. The monoisotopic (exact) mass is 310 g/mol. The molecule has 1 aliphatic rings. The molecule has 2 aromatic heterocycles. The lowest BCUT2D eigenvalue weighted by Gasteiger charge is -2.28. The Bertz CT molecular complexity index is 872. The van der Waals surface area contributed by atoms with E-state index >= 15 is 0 Å². The van der Waals surface area contributed by atoms with E-state index in [0.717, 1.165) is 26.9 Å². The normalized spacial score (nSPS) is 13.8. The van der Waals surface area contributed by atoms with Gasteiger partial charge in [-0.3, -0.25) is 4.79 Å². The Morgan fingerprint density at radius 1 is 1.36 bits per heavy atom. The second-order valence-electron chi connectivity index (χ2n) is 5.29. The maximum absolute atomic E-state index is 13.0. The van der Waals surface area contributed by atoms with E-state index in [0.29, 0.717) is 19.0 Å². The van der Waals surface area contributed by atoms with Crippen molar-refractivity contribution >= 4 is 33.0 Å². The summed E-state index contributed by atoms with van der Waals surface area (Å²) in [7, 11) is 0. The molecule has 0 fully saturated rings. The first-order valence-corrected chi connectivity index (χ1v) is 7.99. The van der Waals surface area contributed by atoms with Crippen molar-refractivity contribution in [1.29, 1.82) is 0 Å². The van der Waals surface area contributed by atoms with Gasteiger partial charge in [-0.2, -0.15) is 0 Å². The molecule has 0 saturated heterocycles. The van der Waals surface area contributed by atoms with Crippen LogP contribution in [0.5, 0.6) is 5.88 Å². The van der Waals surface area contributed by atoms with Crippen LogP contribution in [0, 0.1) is 6.92 Å². The van der Waals surface area contributed by atoms with Gasteiger partial charge in [-0.15, -0.1) is 11.3 Å². The number of carbonyl (C=O) groups excluding carboxylic acids is 1. The minimum atomic E-state index is 0.00870. The van der Waals surface area contributed by atoms with E-state index in [1.54, 1.807) is 22.4 Å². The first-order chi connectivity index (χ1) is 10.7. The summed E-state index contributed by atoms with van der Waals surface area (Å²) in [4.78, 5) is 19.1. The summed E-state index contributed by atoms with van der Waals surface area (Å²) in [5.74, 6) is 0.541. The number of pyridine rings is 1. The highest BCUT2D eigenvalue weighted by Gasteiger charge is 2.27. The average molecular weight is 310 g/mol. The van der Waals surface area contributed by atoms with Crippen molar-refractivity contribution < 1.29 is 9.53 Å². The van der Waals surface area contributed by atoms with Gasteiger partial charge in [0.25, 0.3) is 5.91 Å². The zero-order chi connectivity index (χ0) is 15.1. The number of amides is 1. The molecule has 1 aromatic carbocycles. The van der Waals surface area contributed by atoms with Crippen molar-refractivity contribution in [3.63, 3.8) is 0 Å². The Morgan fingerprint density at radius 3 is 3.14 bits per heavy atom. The molecule has 110 valence electrons. The van der Waals surface area contributed by atoms with Crippen LogP contribution in [0.4, 0.5) is 5.69 Å². The van der Waals surface area contributed by atoms with Crippen molar-refractivity contribution in [3.8, 4) is 5.88 Å². The number of benzene rings is 1. The number of rotatable bonds is 1. The van der Waals surface area contributed by atoms with Gasteiger partial charge in [-0.05, 0) is 24.6 Å². The summed E-state index contributed by atoms with van der Waals surface area (Å²) in [5.41, 5.74) is 2.51. The summed E-state index contributed by atoms with van der Waals surface area (Å²) in [6.45, 7) is 2.97. The van der Waals surface area contributed by atoms with Crippen LogP contribution < -0.4 is 9.64 Å². The molecule has 4 rings (SSSR count). The first kappa shape index (κ1) is 13.3. The number of fused-ring (bicyclic) bond motifs is 2. The average Bonchev–Trinajstić information content (AvgIpc) is 2.97. The lowest BCUT2D eigenvalue weighted by Crippen LogP contribution is -2.38. The fourth-order valence-electron chi connectivity index (χ4n) is 2.70. The summed E-state index contributed by atoms with van der Waals surface area (Å²) in [6.07, 6.45) is 1.76. The molecule has 3 heterocycles. The first-order valence-electron chi connectivity index (χ1n) is 7.11. The van der Waals surface area contributed by atoms with Crippen LogP contribution in [-0.2, 0) is 0 Å². The summed E-state index contributed by atoms with van der Waals surface area (Å²) in [5, 5.41) is 2.94. The number of hydrogen-bond donors (Lipinski definition) is 0. The number of anilines is 1. The van der Waals surface area contributed by atoms with Gasteiger partial charge in [-0.25, -0.2) is 4.98 Å². The van der Waals surface area contributed by atoms with E-state index in [2.05, 4.69) is 4.98 Å². The quantitative estimate of drug-likeness (QED) is 0.689. The molecule has 5 heteroatoms. The summed E-state index contributed by atoms with van der Waals surface area (Å²) < 4.78 is 6.69. The van der Waals surface area contributed by atoms with Crippen molar-refractivity contribution in [3.05, 3.63) is 53.0 Å². The molecule has 0 N–H and O–H groups in total. The van der Waals surface area contributed by atoms with Crippen LogP contribution in [-0.4, -0.2) is 24.0 Å².